The fraction of sp³-hybridized carbons (Fsp3) is 0.583. The fourth-order valence-corrected chi connectivity index (χ4v) is 4.85. The minimum absolute atomic E-state index is 0.104. The number of benzene rings is 1. The van der Waals surface area contributed by atoms with Crippen molar-refractivity contribution in [1.82, 2.24) is 25.2 Å². The number of amides is 2. The Labute approximate surface area is 197 Å². The predicted molar refractivity (Wildman–Crippen MR) is 120 cm³/mol. The third kappa shape index (κ3) is 4.64. The van der Waals surface area contributed by atoms with E-state index in [0.29, 0.717) is 37.6 Å². The molecule has 0 radical (unpaired) electrons. The monoisotopic (exact) mass is 471 g/mol. The molecular weight excluding hydrogens is 441 g/mol. The van der Waals surface area contributed by atoms with Crippen LogP contribution in [0.4, 0.5) is 4.39 Å². The van der Waals surface area contributed by atoms with Crippen LogP contribution in [0.25, 0.3) is 0 Å². The maximum Gasteiger partial charge on any atom is 0.273 e. The largest absolute Gasteiger partial charge is 0.481 e. The highest BCUT2D eigenvalue weighted by Crippen LogP contribution is 2.42. The van der Waals surface area contributed by atoms with Crippen molar-refractivity contribution in [3.05, 3.63) is 41.0 Å². The lowest BCUT2D eigenvalue weighted by Crippen LogP contribution is -2.45. The normalized spacial score (nSPS) is 22.2. The van der Waals surface area contributed by atoms with Gasteiger partial charge in [-0.2, -0.15) is 0 Å². The number of nitrogens with one attached hydrogen (secondary N) is 1. The van der Waals surface area contributed by atoms with Gasteiger partial charge in [-0.1, -0.05) is 17.3 Å². The molecule has 5 rings (SSSR count). The molecule has 3 aliphatic rings. The summed E-state index contributed by atoms with van der Waals surface area (Å²) < 4.78 is 27.4. The molecule has 1 unspecified atom stereocenters. The molecule has 1 saturated carbocycles. The molecule has 9 nitrogen and oxygen atoms in total. The van der Waals surface area contributed by atoms with Crippen LogP contribution in [0.2, 0.25) is 0 Å². The van der Waals surface area contributed by atoms with Crippen molar-refractivity contribution >= 4 is 11.8 Å². The van der Waals surface area contributed by atoms with Gasteiger partial charge in [0.05, 0.1) is 18.3 Å². The summed E-state index contributed by atoms with van der Waals surface area (Å²) in [5.41, 5.74) is 1.66. The molecule has 2 atom stereocenters. The van der Waals surface area contributed by atoms with E-state index in [1.54, 1.807) is 27.8 Å². The Morgan fingerprint density at radius 2 is 2.12 bits per heavy atom. The summed E-state index contributed by atoms with van der Waals surface area (Å²) in [7, 11) is 0. The lowest BCUT2D eigenvalue weighted by atomic mass is 10.1. The van der Waals surface area contributed by atoms with Crippen molar-refractivity contribution < 1.29 is 23.5 Å². The van der Waals surface area contributed by atoms with E-state index in [1.807, 2.05) is 6.92 Å². The van der Waals surface area contributed by atoms with Crippen LogP contribution in [-0.2, 0) is 9.53 Å². The number of aromatic nitrogens is 3. The molecule has 0 spiro atoms. The Hall–Kier alpha value is -3.01. The number of carbonyl (C=O) groups is 2. The number of hydrogen-bond acceptors (Lipinski definition) is 6. The zero-order chi connectivity index (χ0) is 23.7. The van der Waals surface area contributed by atoms with Gasteiger partial charge in [0, 0.05) is 25.7 Å². The predicted octanol–water partition coefficient (Wildman–Crippen LogP) is 2.36. The summed E-state index contributed by atoms with van der Waals surface area (Å²) in [6.45, 7) is 3.75. The van der Waals surface area contributed by atoms with Gasteiger partial charge in [-0.05, 0) is 56.6 Å². The number of rotatable bonds is 8. The molecule has 2 aromatic rings. The first-order valence-corrected chi connectivity index (χ1v) is 12.0. The maximum atomic E-state index is 14.7. The number of hydrogen-bond donors (Lipinski definition) is 1. The minimum Gasteiger partial charge on any atom is -0.481 e. The van der Waals surface area contributed by atoms with Crippen LogP contribution in [0.3, 0.4) is 0 Å². The quantitative estimate of drug-likeness (QED) is 0.635. The topological polar surface area (TPSA) is 98.6 Å². The van der Waals surface area contributed by atoms with E-state index in [-0.39, 0.29) is 53.7 Å². The third-order valence-electron chi connectivity index (χ3n) is 6.95. The number of halogens is 1. The Bertz CT molecular complexity index is 1060. The van der Waals surface area contributed by atoms with Crippen molar-refractivity contribution in [2.75, 3.05) is 32.9 Å². The molecule has 182 valence electrons. The highest BCUT2D eigenvalue weighted by Gasteiger charge is 2.31. The molecule has 2 saturated heterocycles. The van der Waals surface area contributed by atoms with Gasteiger partial charge in [-0.3, -0.25) is 9.59 Å². The van der Waals surface area contributed by atoms with Crippen LogP contribution in [0, 0.1) is 12.7 Å². The summed E-state index contributed by atoms with van der Waals surface area (Å²) >= 11 is 0. The highest BCUT2D eigenvalue weighted by molar-refractivity contribution is 5.93. The number of likely N-dealkylation sites (tertiary alicyclic amines) is 1. The lowest BCUT2D eigenvalue weighted by Gasteiger charge is -2.25. The summed E-state index contributed by atoms with van der Waals surface area (Å²) in [5, 5.41) is 11.1. The number of nitrogens with zero attached hydrogens (tertiary/aromatic N) is 4. The second kappa shape index (κ2) is 9.69. The second-order valence-electron chi connectivity index (χ2n) is 9.30. The van der Waals surface area contributed by atoms with Crippen molar-refractivity contribution in [3.8, 4) is 5.75 Å². The van der Waals surface area contributed by atoms with Gasteiger partial charge < -0.3 is 19.7 Å². The highest BCUT2D eigenvalue weighted by atomic mass is 19.1. The summed E-state index contributed by atoms with van der Waals surface area (Å²) in [4.78, 5) is 27.3. The van der Waals surface area contributed by atoms with Gasteiger partial charge in [0.1, 0.15) is 0 Å². The van der Waals surface area contributed by atoms with Crippen molar-refractivity contribution in [2.45, 2.75) is 57.0 Å². The molecule has 2 aliphatic heterocycles. The zero-order valence-corrected chi connectivity index (χ0v) is 19.3. The van der Waals surface area contributed by atoms with Gasteiger partial charge in [-0.15, -0.1) is 5.10 Å². The average molecular weight is 472 g/mol. The SMILES string of the molecule is Cc1c(C(=O)NC[C@H]2CCCN2C(=O)COc2cccc(C3CC3)c2F)nnn1C1CCOC1. The Balaban J connectivity index is 1.15. The van der Waals surface area contributed by atoms with E-state index in [4.69, 9.17) is 9.47 Å². The summed E-state index contributed by atoms with van der Waals surface area (Å²) in [5.74, 6) is -0.500. The van der Waals surface area contributed by atoms with Crippen molar-refractivity contribution in [1.29, 1.82) is 0 Å². The summed E-state index contributed by atoms with van der Waals surface area (Å²) in [6.07, 6.45) is 4.45. The van der Waals surface area contributed by atoms with Crippen molar-refractivity contribution in [2.24, 2.45) is 0 Å². The van der Waals surface area contributed by atoms with Crippen LogP contribution >= 0.6 is 0 Å². The van der Waals surface area contributed by atoms with Gasteiger partial charge in [0.2, 0.25) is 0 Å². The molecule has 3 heterocycles. The second-order valence-corrected chi connectivity index (χ2v) is 9.30. The molecule has 1 aromatic carbocycles. The Morgan fingerprint density at radius 3 is 2.88 bits per heavy atom. The number of carbonyl (C=O) groups excluding carboxylic acids is 2. The molecule has 1 N–H and O–H groups in total. The molecule has 1 aromatic heterocycles. The number of ether oxygens (including phenoxy) is 2. The van der Waals surface area contributed by atoms with Crippen LogP contribution in [0.5, 0.6) is 5.75 Å². The zero-order valence-electron chi connectivity index (χ0n) is 19.3. The first kappa shape index (κ1) is 22.8. The van der Waals surface area contributed by atoms with E-state index in [2.05, 4.69) is 15.6 Å². The molecule has 1 aliphatic carbocycles. The Kier molecular flexibility index (Phi) is 6.49. The van der Waals surface area contributed by atoms with Gasteiger partial charge >= 0.3 is 0 Å². The molecule has 0 bridgehead atoms. The van der Waals surface area contributed by atoms with Gasteiger partial charge in [0.25, 0.3) is 11.8 Å². The third-order valence-corrected chi connectivity index (χ3v) is 6.95. The van der Waals surface area contributed by atoms with E-state index < -0.39 is 0 Å². The van der Waals surface area contributed by atoms with Crippen LogP contribution in [0.1, 0.15) is 65.8 Å². The van der Waals surface area contributed by atoms with Gasteiger partial charge in [0.15, 0.2) is 23.9 Å². The van der Waals surface area contributed by atoms with Gasteiger partial charge in [-0.25, -0.2) is 9.07 Å². The molecule has 10 heteroatoms. The first-order chi connectivity index (χ1) is 16.5. The van der Waals surface area contributed by atoms with Crippen molar-refractivity contribution in [3.63, 3.8) is 0 Å². The first-order valence-electron chi connectivity index (χ1n) is 12.0. The van der Waals surface area contributed by atoms with Crippen LogP contribution < -0.4 is 10.1 Å². The lowest BCUT2D eigenvalue weighted by molar-refractivity contribution is -0.134. The molecule has 2 amide bonds. The molecule has 34 heavy (non-hydrogen) atoms. The van der Waals surface area contributed by atoms with E-state index in [1.165, 1.54) is 0 Å². The smallest absolute Gasteiger partial charge is 0.273 e. The fourth-order valence-electron chi connectivity index (χ4n) is 4.85. The average Bonchev–Trinajstić information content (AvgIpc) is 3.20. The summed E-state index contributed by atoms with van der Waals surface area (Å²) in [6, 6.07) is 5.07. The van der Waals surface area contributed by atoms with Crippen LogP contribution in [0.15, 0.2) is 18.2 Å². The van der Waals surface area contributed by atoms with E-state index >= 15 is 0 Å². The van der Waals surface area contributed by atoms with E-state index in [9.17, 15) is 14.0 Å². The van der Waals surface area contributed by atoms with E-state index in [0.717, 1.165) is 32.1 Å². The Morgan fingerprint density at radius 1 is 1.26 bits per heavy atom. The van der Waals surface area contributed by atoms with Crippen LogP contribution in [-0.4, -0.2) is 70.7 Å². The standard InChI is InChI=1S/C24H30FN5O4/c1-15-23(27-28-30(15)18-9-11-33-13-18)24(32)26-12-17-4-3-10-29(17)21(31)14-34-20-6-2-5-19(22(20)25)16-7-8-16/h2,5-6,16-18H,3-4,7-14H2,1H3,(H,26,32)/t17-,18?/m1/s1. The molecular formula is C24H30FN5O4. The molecule has 3 fully saturated rings. The minimum atomic E-state index is -0.365. The maximum absolute atomic E-state index is 14.7.